The number of rotatable bonds is 37. The fraction of sp³-hybridized carbons (Fsp3) is 0.917. The van der Waals surface area contributed by atoms with E-state index in [1.54, 1.807) is 0 Å². The summed E-state index contributed by atoms with van der Waals surface area (Å²) >= 11 is 0. The van der Waals surface area contributed by atoms with Crippen LogP contribution in [-0.2, 0) is 9.59 Å². The van der Waals surface area contributed by atoms with Crippen LogP contribution in [0.4, 0.5) is 0 Å². The lowest BCUT2D eigenvalue weighted by Crippen LogP contribution is -2.32. The second kappa shape index (κ2) is 62.0. The van der Waals surface area contributed by atoms with E-state index in [0.29, 0.717) is 5.78 Å². The van der Waals surface area contributed by atoms with Crippen molar-refractivity contribution in [2.24, 2.45) is 11.8 Å². The number of ketones is 1. The van der Waals surface area contributed by atoms with Crippen molar-refractivity contribution in [1.82, 2.24) is 5.01 Å². The van der Waals surface area contributed by atoms with Crippen LogP contribution in [0, 0.1) is 5.92 Å². The summed E-state index contributed by atoms with van der Waals surface area (Å²) < 4.78 is 0. The molecule has 0 amide bonds. The SMILES string of the molecule is C=C.C=O.CC.CCCCCCCCC(C)CCCCCCCC.CCCCCCCCCC(=O)CCCCCCCN(N)CCCCCCCC. The molecule has 0 aliphatic rings. The number of unbranched alkanes of at least 4 members (excludes halogenated alkanes) is 25. The molecule has 52 heavy (non-hydrogen) atoms. The molecule has 0 aromatic heterocycles. The van der Waals surface area contributed by atoms with E-state index >= 15 is 0 Å². The first kappa shape index (κ1) is 60.3. The highest BCUT2D eigenvalue weighted by Crippen LogP contribution is 2.18. The molecule has 0 aliphatic heterocycles. The molecule has 0 saturated carbocycles. The summed E-state index contributed by atoms with van der Waals surface area (Å²) in [7, 11) is 0. The molecule has 0 aromatic rings. The van der Waals surface area contributed by atoms with Gasteiger partial charge in [-0.3, -0.25) is 10.6 Å². The highest BCUT2D eigenvalue weighted by atomic mass is 16.1. The second-order valence-electron chi connectivity index (χ2n) is 14.9. The molecule has 4 heteroatoms. The molecule has 0 aromatic carbocycles. The van der Waals surface area contributed by atoms with Gasteiger partial charge >= 0.3 is 0 Å². The molecule has 0 rings (SSSR count). The molecule has 0 aliphatic carbocycles. The van der Waals surface area contributed by atoms with Gasteiger partial charge < -0.3 is 4.79 Å². The van der Waals surface area contributed by atoms with Crippen molar-refractivity contribution < 1.29 is 9.59 Å². The summed E-state index contributed by atoms with van der Waals surface area (Å²) in [5.41, 5.74) is 0. The molecule has 0 saturated heterocycles. The van der Waals surface area contributed by atoms with Gasteiger partial charge in [-0.1, -0.05) is 228 Å². The summed E-state index contributed by atoms with van der Waals surface area (Å²) in [5.74, 6) is 7.54. The normalized spacial score (nSPS) is 10.3. The molecule has 316 valence electrons. The number of carbonyl (C=O) groups is 2. The zero-order chi connectivity index (χ0) is 40.2. The molecular formula is C48H102N2O2. The monoisotopic (exact) mass is 739 g/mol. The third kappa shape index (κ3) is 64.0. The first-order chi connectivity index (χ1) is 25.5. The molecule has 4 nitrogen and oxygen atoms in total. The second-order valence-corrected chi connectivity index (χ2v) is 14.9. The predicted molar refractivity (Wildman–Crippen MR) is 239 cm³/mol. The number of Topliss-reactive ketones (excluding diaryl/α,β-unsaturated/α-hetero) is 1. The molecule has 0 fully saturated rings. The van der Waals surface area contributed by atoms with Gasteiger partial charge in [0.2, 0.25) is 0 Å². The van der Waals surface area contributed by atoms with Crippen LogP contribution in [0.5, 0.6) is 0 Å². The van der Waals surface area contributed by atoms with Crippen molar-refractivity contribution in [1.29, 1.82) is 0 Å². The van der Waals surface area contributed by atoms with E-state index in [1.165, 1.54) is 193 Å². The number of hydrogen-bond acceptors (Lipinski definition) is 4. The fourth-order valence-corrected chi connectivity index (χ4v) is 6.47. The van der Waals surface area contributed by atoms with Gasteiger partial charge in [-0.15, -0.1) is 13.2 Å². The molecule has 0 unspecified atom stereocenters. The summed E-state index contributed by atoms with van der Waals surface area (Å²) in [6.45, 7) is 25.6. The van der Waals surface area contributed by atoms with Crippen LogP contribution in [0.25, 0.3) is 0 Å². The largest absolute Gasteiger partial charge is 0.307 e. The molecule has 0 spiro atoms. The predicted octanol–water partition coefficient (Wildman–Crippen LogP) is 16.3. The Balaban J connectivity index is -0.000000264. The van der Waals surface area contributed by atoms with Gasteiger partial charge in [-0.25, -0.2) is 5.01 Å². The Morgan fingerprint density at radius 2 is 0.673 bits per heavy atom. The molecule has 0 bridgehead atoms. The van der Waals surface area contributed by atoms with E-state index in [1.807, 2.05) is 25.6 Å². The maximum Gasteiger partial charge on any atom is 0.132 e. The van der Waals surface area contributed by atoms with Crippen molar-refractivity contribution in [2.75, 3.05) is 13.1 Å². The zero-order valence-corrected chi connectivity index (χ0v) is 37.5. The summed E-state index contributed by atoms with van der Waals surface area (Å²) in [6, 6.07) is 0. The third-order valence-electron chi connectivity index (χ3n) is 9.86. The maximum absolute atomic E-state index is 11.9. The van der Waals surface area contributed by atoms with Gasteiger partial charge in [0.05, 0.1) is 0 Å². The van der Waals surface area contributed by atoms with Crippen LogP contribution in [0.15, 0.2) is 13.2 Å². The lowest BCUT2D eigenvalue weighted by molar-refractivity contribution is -0.119. The molecule has 0 heterocycles. The minimum atomic E-state index is 0.487. The van der Waals surface area contributed by atoms with E-state index in [-0.39, 0.29) is 0 Å². The van der Waals surface area contributed by atoms with Crippen LogP contribution in [0.3, 0.4) is 0 Å². The molecule has 2 N–H and O–H groups in total. The number of nitrogens with zero attached hydrogens (tertiary/aromatic N) is 1. The Kier molecular flexibility index (Phi) is 71.9. The maximum atomic E-state index is 11.9. The number of hydrazine groups is 1. The van der Waals surface area contributed by atoms with Crippen molar-refractivity contribution in [3.63, 3.8) is 0 Å². The van der Waals surface area contributed by atoms with E-state index in [2.05, 4.69) is 47.8 Å². The smallest absolute Gasteiger partial charge is 0.132 e. The standard InChI is InChI=1S/C25H52N2O.C18H38.C2H6.C2H4.CH2O/c1-3-5-7-9-11-13-17-21-25(28)22-18-14-12-16-20-24-27(26)23-19-15-10-8-6-4-2;1-4-6-8-10-12-14-16-18(3)17-15-13-11-9-7-5-2;3*1-2/h3-24,26H2,1-2H3;18H,4-17H2,1-3H3;1-2H3;1-2H2;1H2. The van der Waals surface area contributed by atoms with Gasteiger partial charge in [0.15, 0.2) is 0 Å². The van der Waals surface area contributed by atoms with Gasteiger partial charge in [0, 0.05) is 25.9 Å². The summed E-state index contributed by atoms with van der Waals surface area (Å²) in [6.07, 6.45) is 44.9. The Bertz CT molecular complexity index is 567. The first-order valence-electron chi connectivity index (χ1n) is 23.3. The van der Waals surface area contributed by atoms with Crippen LogP contribution >= 0.6 is 0 Å². The van der Waals surface area contributed by atoms with E-state index < -0.39 is 0 Å². The summed E-state index contributed by atoms with van der Waals surface area (Å²) in [5, 5.41) is 2.01. The average molecular weight is 739 g/mol. The zero-order valence-electron chi connectivity index (χ0n) is 37.5. The fourth-order valence-electron chi connectivity index (χ4n) is 6.47. The molecule has 0 atom stereocenters. The van der Waals surface area contributed by atoms with Crippen molar-refractivity contribution >= 4 is 12.6 Å². The Morgan fingerprint density at radius 3 is 0.962 bits per heavy atom. The van der Waals surface area contributed by atoms with Crippen LogP contribution < -0.4 is 5.84 Å². The average Bonchev–Trinajstić information content (AvgIpc) is 3.17. The third-order valence-corrected chi connectivity index (χ3v) is 9.86. The minimum absolute atomic E-state index is 0.487. The van der Waals surface area contributed by atoms with Crippen LogP contribution in [0.2, 0.25) is 0 Å². The lowest BCUT2D eigenvalue weighted by Gasteiger charge is -2.15. The number of carbonyl (C=O) groups excluding carboxylic acids is 2. The van der Waals surface area contributed by atoms with Gasteiger partial charge in [0.25, 0.3) is 0 Å². The highest BCUT2D eigenvalue weighted by Gasteiger charge is 2.04. The van der Waals surface area contributed by atoms with Crippen LogP contribution in [-0.4, -0.2) is 30.7 Å². The molecule has 0 radical (unpaired) electrons. The topological polar surface area (TPSA) is 63.4 Å². The van der Waals surface area contributed by atoms with Crippen molar-refractivity contribution in [3.8, 4) is 0 Å². The van der Waals surface area contributed by atoms with E-state index in [0.717, 1.165) is 44.7 Å². The Labute approximate surface area is 331 Å². The summed E-state index contributed by atoms with van der Waals surface area (Å²) in [4.78, 5) is 19.9. The number of hydrogen-bond donors (Lipinski definition) is 1. The van der Waals surface area contributed by atoms with Crippen molar-refractivity contribution in [3.05, 3.63) is 13.2 Å². The molecular weight excluding hydrogens is 637 g/mol. The number of nitrogens with two attached hydrogens (primary N) is 1. The lowest BCUT2D eigenvalue weighted by atomic mass is 9.96. The van der Waals surface area contributed by atoms with Crippen molar-refractivity contribution in [2.45, 2.75) is 267 Å². The van der Waals surface area contributed by atoms with Crippen LogP contribution in [0.1, 0.15) is 267 Å². The highest BCUT2D eigenvalue weighted by molar-refractivity contribution is 5.78. The van der Waals surface area contributed by atoms with Gasteiger partial charge in [0.1, 0.15) is 12.6 Å². The van der Waals surface area contributed by atoms with E-state index in [4.69, 9.17) is 10.6 Å². The Hall–Kier alpha value is -1.00. The van der Waals surface area contributed by atoms with Gasteiger partial charge in [-0.2, -0.15) is 0 Å². The minimum Gasteiger partial charge on any atom is -0.307 e. The Morgan fingerprint density at radius 1 is 0.442 bits per heavy atom. The van der Waals surface area contributed by atoms with E-state index in [9.17, 15) is 4.79 Å². The van der Waals surface area contributed by atoms with Gasteiger partial charge in [-0.05, 0) is 31.6 Å². The quantitative estimate of drug-likeness (QED) is 0.0298. The first-order valence-corrected chi connectivity index (χ1v) is 23.3.